The lowest BCUT2D eigenvalue weighted by molar-refractivity contribution is 0.224. The first-order valence-electron chi connectivity index (χ1n) is 4.24. The lowest BCUT2D eigenvalue weighted by Gasteiger charge is -2.29. The van der Waals surface area contributed by atoms with Gasteiger partial charge in [0, 0.05) is 10.9 Å². The first kappa shape index (κ1) is 7.11. The van der Waals surface area contributed by atoms with Crippen molar-refractivity contribution < 1.29 is 0 Å². The zero-order valence-corrected chi connectivity index (χ0v) is 7.81. The molecule has 0 spiro atoms. The Bertz CT molecular complexity index is 114. The van der Waals surface area contributed by atoms with Crippen LogP contribution in [0.5, 0.6) is 0 Å². The second-order valence-electron chi connectivity index (χ2n) is 3.44. The molecule has 1 saturated heterocycles. The Labute approximate surface area is 70.9 Å². The number of alkyl halides is 1. The third-order valence-corrected chi connectivity index (χ3v) is 3.44. The molecule has 0 unspecified atom stereocenters. The van der Waals surface area contributed by atoms with E-state index in [4.69, 9.17) is 0 Å². The molecule has 2 heteroatoms. The molecule has 2 aliphatic rings. The Morgan fingerprint density at radius 1 is 1.00 bits per heavy atom. The molecule has 0 aromatic rings. The third-order valence-electron chi connectivity index (χ3n) is 2.52. The molecular weight excluding hydrogens is 190 g/mol. The predicted molar refractivity (Wildman–Crippen MR) is 46.5 cm³/mol. The fourth-order valence-electron chi connectivity index (χ4n) is 1.67. The number of hydrogen-bond donors (Lipinski definition) is 0. The van der Waals surface area contributed by atoms with E-state index in [1.807, 2.05) is 0 Å². The fourth-order valence-corrected chi connectivity index (χ4v) is 2.08. The molecule has 0 radical (unpaired) electrons. The van der Waals surface area contributed by atoms with Crippen LogP contribution in [0.3, 0.4) is 0 Å². The molecule has 1 nitrogen and oxygen atoms in total. The van der Waals surface area contributed by atoms with Gasteiger partial charge in [-0.15, -0.1) is 0 Å². The van der Waals surface area contributed by atoms with E-state index in [0.717, 1.165) is 10.9 Å². The minimum Gasteiger partial charge on any atom is -0.300 e. The largest absolute Gasteiger partial charge is 0.300 e. The van der Waals surface area contributed by atoms with Crippen LogP contribution in [0.15, 0.2) is 0 Å². The van der Waals surface area contributed by atoms with Crippen molar-refractivity contribution in [2.24, 2.45) is 0 Å². The van der Waals surface area contributed by atoms with Crippen LogP contribution in [0.25, 0.3) is 0 Å². The van der Waals surface area contributed by atoms with Gasteiger partial charge in [0.1, 0.15) is 0 Å². The van der Waals surface area contributed by atoms with Gasteiger partial charge in [0.15, 0.2) is 0 Å². The second-order valence-corrected chi connectivity index (χ2v) is 4.74. The summed E-state index contributed by atoms with van der Waals surface area (Å²) in [7, 11) is 0. The summed E-state index contributed by atoms with van der Waals surface area (Å²) in [6.07, 6.45) is 5.65. The van der Waals surface area contributed by atoms with Crippen molar-refractivity contribution >= 4 is 15.9 Å². The minimum absolute atomic E-state index is 0.808. The standard InChI is InChI=1S/C8H14BrN/c9-7-3-5-10(6-4-7)8-1-2-8/h7-8H,1-6H2. The van der Waals surface area contributed by atoms with Crippen molar-refractivity contribution in [3.8, 4) is 0 Å². The van der Waals surface area contributed by atoms with Gasteiger partial charge in [-0.05, 0) is 38.8 Å². The molecule has 0 aromatic carbocycles. The molecule has 0 aromatic heterocycles. The predicted octanol–water partition coefficient (Wildman–Crippen LogP) is 2.01. The molecule has 1 aliphatic carbocycles. The summed E-state index contributed by atoms with van der Waals surface area (Å²) in [4.78, 5) is 3.46. The van der Waals surface area contributed by atoms with Gasteiger partial charge in [-0.3, -0.25) is 0 Å². The number of piperidine rings is 1. The summed E-state index contributed by atoms with van der Waals surface area (Å²) in [5, 5.41) is 0. The van der Waals surface area contributed by atoms with Crippen LogP contribution in [0.1, 0.15) is 25.7 Å². The van der Waals surface area contributed by atoms with E-state index in [1.54, 1.807) is 0 Å². The van der Waals surface area contributed by atoms with Gasteiger partial charge in [0.05, 0.1) is 0 Å². The first-order chi connectivity index (χ1) is 4.86. The average Bonchev–Trinajstić information content (AvgIpc) is 2.71. The fraction of sp³-hybridized carbons (Fsp3) is 1.00. The van der Waals surface area contributed by atoms with Crippen molar-refractivity contribution in [3.63, 3.8) is 0 Å². The highest BCUT2D eigenvalue weighted by molar-refractivity contribution is 9.09. The second kappa shape index (κ2) is 2.82. The van der Waals surface area contributed by atoms with Crippen molar-refractivity contribution in [1.82, 2.24) is 4.90 Å². The van der Waals surface area contributed by atoms with E-state index in [1.165, 1.54) is 38.8 Å². The highest BCUT2D eigenvalue weighted by atomic mass is 79.9. The Morgan fingerprint density at radius 3 is 2.10 bits per heavy atom. The van der Waals surface area contributed by atoms with Crippen molar-refractivity contribution in [3.05, 3.63) is 0 Å². The smallest absolute Gasteiger partial charge is 0.0170 e. The Kier molecular flexibility index (Phi) is 2.01. The van der Waals surface area contributed by atoms with Crippen molar-refractivity contribution in [2.45, 2.75) is 36.6 Å². The summed E-state index contributed by atoms with van der Waals surface area (Å²) in [5.41, 5.74) is 0. The highest BCUT2D eigenvalue weighted by Gasteiger charge is 2.30. The molecule has 0 atom stereocenters. The van der Waals surface area contributed by atoms with Crippen LogP contribution in [0, 0.1) is 0 Å². The summed E-state index contributed by atoms with van der Waals surface area (Å²) < 4.78 is 0. The maximum Gasteiger partial charge on any atom is 0.0170 e. The molecule has 0 amide bonds. The molecule has 2 fully saturated rings. The first-order valence-corrected chi connectivity index (χ1v) is 5.16. The molecule has 1 aliphatic heterocycles. The van der Waals surface area contributed by atoms with Crippen LogP contribution in [0.2, 0.25) is 0 Å². The van der Waals surface area contributed by atoms with Gasteiger partial charge in [0.25, 0.3) is 0 Å². The minimum atomic E-state index is 0.808. The van der Waals surface area contributed by atoms with Crippen LogP contribution < -0.4 is 0 Å². The van der Waals surface area contributed by atoms with Crippen LogP contribution in [-0.4, -0.2) is 28.9 Å². The Hall–Kier alpha value is 0.440. The maximum absolute atomic E-state index is 3.66. The van der Waals surface area contributed by atoms with Gasteiger partial charge in [-0.1, -0.05) is 15.9 Å². The molecule has 10 heavy (non-hydrogen) atoms. The van der Waals surface area contributed by atoms with E-state index in [2.05, 4.69) is 20.8 Å². The zero-order chi connectivity index (χ0) is 6.97. The van der Waals surface area contributed by atoms with Gasteiger partial charge < -0.3 is 4.90 Å². The van der Waals surface area contributed by atoms with Crippen molar-refractivity contribution in [2.75, 3.05) is 13.1 Å². The third kappa shape index (κ3) is 1.54. The lowest BCUT2D eigenvalue weighted by Crippen LogP contribution is -2.35. The molecule has 1 heterocycles. The van der Waals surface area contributed by atoms with Gasteiger partial charge >= 0.3 is 0 Å². The number of nitrogens with zero attached hydrogens (tertiary/aromatic N) is 1. The molecule has 1 saturated carbocycles. The maximum atomic E-state index is 3.66. The molecule has 58 valence electrons. The topological polar surface area (TPSA) is 3.24 Å². The van der Waals surface area contributed by atoms with Crippen LogP contribution in [0.4, 0.5) is 0 Å². The van der Waals surface area contributed by atoms with Crippen LogP contribution >= 0.6 is 15.9 Å². The summed E-state index contributed by atoms with van der Waals surface area (Å²) in [5.74, 6) is 0. The molecule has 0 N–H and O–H groups in total. The molecular formula is C8H14BrN. The summed E-state index contributed by atoms with van der Waals surface area (Å²) in [6.45, 7) is 2.67. The number of hydrogen-bond acceptors (Lipinski definition) is 1. The van der Waals surface area contributed by atoms with E-state index in [9.17, 15) is 0 Å². The summed E-state index contributed by atoms with van der Waals surface area (Å²) in [6, 6.07) is 0.986. The Morgan fingerprint density at radius 2 is 1.60 bits per heavy atom. The summed E-state index contributed by atoms with van der Waals surface area (Å²) >= 11 is 3.66. The average molecular weight is 204 g/mol. The monoisotopic (exact) mass is 203 g/mol. The number of likely N-dealkylation sites (tertiary alicyclic amines) is 1. The number of halogens is 1. The quantitative estimate of drug-likeness (QED) is 0.590. The van der Waals surface area contributed by atoms with Gasteiger partial charge in [-0.2, -0.15) is 0 Å². The lowest BCUT2D eigenvalue weighted by atomic mass is 10.1. The zero-order valence-electron chi connectivity index (χ0n) is 6.22. The van der Waals surface area contributed by atoms with E-state index in [-0.39, 0.29) is 0 Å². The van der Waals surface area contributed by atoms with Crippen molar-refractivity contribution in [1.29, 1.82) is 0 Å². The van der Waals surface area contributed by atoms with E-state index >= 15 is 0 Å². The van der Waals surface area contributed by atoms with Crippen LogP contribution in [-0.2, 0) is 0 Å². The van der Waals surface area contributed by atoms with E-state index in [0.29, 0.717) is 0 Å². The van der Waals surface area contributed by atoms with E-state index < -0.39 is 0 Å². The molecule has 0 bridgehead atoms. The highest BCUT2D eigenvalue weighted by Crippen LogP contribution is 2.30. The molecule has 2 rings (SSSR count). The normalized spacial score (nSPS) is 30.9. The Balaban J connectivity index is 1.79. The number of rotatable bonds is 1. The van der Waals surface area contributed by atoms with Gasteiger partial charge in [0.2, 0.25) is 0 Å². The van der Waals surface area contributed by atoms with Gasteiger partial charge in [-0.25, -0.2) is 0 Å². The SMILES string of the molecule is BrC1CCN(C2CC2)CC1.